The molecule has 0 spiro atoms. The fourth-order valence-corrected chi connectivity index (χ4v) is 1.97. The van der Waals surface area contributed by atoms with Crippen LogP contribution in [0.2, 0.25) is 0 Å². The molecule has 0 atom stereocenters. The maximum atomic E-state index is 8.85. The Morgan fingerprint density at radius 3 is 2.73 bits per heavy atom. The van der Waals surface area contributed by atoms with Crippen molar-refractivity contribution in [2.45, 2.75) is 13.3 Å². The minimum absolute atomic E-state index is 0.930. The average molecular weight is 261 g/mol. The zero-order valence-corrected chi connectivity index (χ0v) is 8.50. The molecule has 0 saturated carbocycles. The highest BCUT2D eigenvalue weighted by molar-refractivity contribution is 14.1. The lowest BCUT2D eigenvalue weighted by molar-refractivity contribution is 0.413. The third-order valence-corrected chi connectivity index (χ3v) is 2.66. The van der Waals surface area contributed by atoms with Crippen LogP contribution in [0.5, 0.6) is 0 Å². The molecule has 2 heteroatoms. The van der Waals surface area contributed by atoms with Crippen LogP contribution >= 0.6 is 22.6 Å². The summed E-state index contributed by atoms with van der Waals surface area (Å²) in [5.41, 5.74) is 2.15. The van der Waals surface area contributed by atoms with E-state index >= 15 is 0 Å². The van der Waals surface area contributed by atoms with Crippen LogP contribution in [0.3, 0.4) is 0 Å². The van der Waals surface area contributed by atoms with Gasteiger partial charge in [-0.1, -0.05) is 19.1 Å². The summed E-state index contributed by atoms with van der Waals surface area (Å²) in [4.78, 5) is 0. The van der Waals surface area contributed by atoms with Gasteiger partial charge in [-0.15, -0.1) is 0 Å². The molecule has 0 amide bonds. The summed E-state index contributed by atoms with van der Waals surface area (Å²) in [6, 6.07) is 5.91. The first-order chi connectivity index (χ1) is 5.29. The Hall–Kier alpha value is -0.0900. The molecule has 0 unspecified atom stereocenters. The van der Waals surface area contributed by atoms with Crippen LogP contribution < -0.4 is 0 Å². The van der Waals surface area contributed by atoms with E-state index in [0.29, 0.717) is 0 Å². The van der Waals surface area contributed by atoms with Gasteiger partial charge in [0.05, 0.1) is 0 Å². The first kappa shape index (κ1) is 9.00. The maximum Gasteiger partial charge on any atom is 0.109 e. The Kier molecular flexibility index (Phi) is 3.33. The monoisotopic (exact) mass is 261 g/mol. The van der Waals surface area contributed by atoms with Gasteiger partial charge in [0, 0.05) is 3.57 Å². The number of halogens is 1. The van der Waals surface area contributed by atoms with E-state index < -0.39 is 0 Å². The van der Waals surface area contributed by atoms with E-state index in [4.69, 9.17) is 5.11 Å². The summed E-state index contributed by atoms with van der Waals surface area (Å²) in [5.74, 6) is 0. The van der Waals surface area contributed by atoms with E-state index in [-0.39, 0.29) is 0 Å². The number of benzene rings is 1. The number of rotatable bonds is 2. The third kappa shape index (κ3) is 1.93. The zero-order chi connectivity index (χ0) is 8.27. The van der Waals surface area contributed by atoms with Crippen LogP contribution in [-0.4, -0.2) is 5.11 Å². The van der Waals surface area contributed by atoms with E-state index in [1.54, 1.807) is 0 Å². The second-order valence-corrected chi connectivity index (χ2v) is 3.45. The molecule has 0 bridgehead atoms. The number of hydrogen-bond donors (Lipinski definition) is 1. The molecule has 1 radical (unpaired) electrons. The van der Waals surface area contributed by atoms with Crippen LogP contribution in [0.4, 0.5) is 0 Å². The lowest BCUT2D eigenvalue weighted by Gasteiger charge is -2.05. The Morgan fingerprint density at radius 1 is 1.55 bits per heavy atom. The summed E-state index contributed by atoms with van der Waals surface area (Å²) in [6.07, 6.45) is 0.964. The van der Waals surface area contributed by atoms with Gasteiger partial charge < -0.3 is 5.11 Å². The molecule has 0 aromatic heterocycles. The summed E-state index contributed by atoms with van der Waals surface area (Å²) in [6.45, 7) is 3.26. The molecule has 0 aliphatic heterocycles. The molecule has 0 heterocycles. The normalized spacial score (nSPS) is 10.1. The molecule has 1 aromatic carbocycles. The summed E-state index contributed by atoms with van der Waals surface area (Å²) in [7, 11) is 0. The molecular weight excluding hydrogens is 251 g/mol. The minimum atomic E-state index is 0.930. The van der Waals surface area contributed by atoms with Crippen LogP contribution in [0.1, 0.15) is 18.1 Å². The average Bonchev–Trinajstić information content (AvgIpc) is 2.04. The van der Waals surface area contributed by atoms with Gasteiger partial charge in [-0.25, -0.2) is 0 Å². The predicted octanol–water partition coefficient (Wildman–Crippen LogP) is 2.74. The topological polar surface area (TPSA) is 20.2 Å². The molecule has 1 aromatic rings. The van der Waals surface area contributed by atoms with Gasteiger partial charge in [0.15, 0.2) is 0 Å². The van der Waals surface area contributed by atoms with Crippen molar-refractivity contribution in [3.63, 3.8) is 0 Å². The van der Waals surface area contributed by atoms with E-state index in [1.807, 2.05) is 18.2 Å². The Balaban J connectivity index is 3.13. The smallest absolute Gasteiger partial charge is 0.109 e. The molecule has 0 aliphatic carbocycles. The van der Waals surface area contributed by atoms with Crippen molar-refractivity contribution in [3.05, 3.63) is 39.5 Å². The fraction of sp³-hybridized carbons (Fsp3) is 0.222. The molecule has 0 saturated heterocycles. The standard InChI is InChI=1S/C9H10IO/c1-2-8-7(6-11)4-3-5-9(8)10/h3-6,11H,2H2,1H3. The Bertz CT molecular complexity index is 245. The van der Waals surface area contributed by atoms with Gasteiger partial charge >= 0.3 is 0 Å². The van der Waals surface area contributed by atoms with Crippen molar-refractivity contribution in [2.24, 2.45) is 0 Å². The van der Waals surface area contributed by atoms with Crippen LogP contribution in [0, 0.1) is 10.2 Å². The number of aliphatic hydroxyl groups is 1. The van der Waals surface area contributed by atoms with E-state index in [2.05, 4.69) is 29.5 Å². The quantitative estimate of drug-likeness (QED) is 0.811. The second-order valence-electron chi connectivity index (χ2n) is 2.29. The summed E-state index contributed by atoms with van der Waals surface area (Å²) in [5, 5.41) is 8.85. The van der Waals surface area contributed by atoms with Crippen molar-refractivity contribution < 1.29 is 5.11 Å². The van der Waals surface area contributed by atoms with E-state index in [9.17, 15) is 0 Å². The zero-order valence-electron chi connectivity index (χ0n) is 6.34. The first-order valence-corrected chi connectivity index (χ1v) is 4.62. The Labute approximate surface area is 80.6 Å². The lowest BCUT2D eigenvalue weighted by Crippen LogP contribution is -1.93. The lowest BCUT2D eigenvalue weighted by atomic mass is 10.1. The van der Waals surface area contributed by atoms with E-state index in [0.717, 1.165) is 12.0 Å². The maximum absolute atomic E-state index is 8.85. The van der Waals surface area contributed by atoms with Crippen molar-refractivity contribution in [2.75, 3.05) is 0 Å². The second kappa shape index (κ2) is 4.07. The third-order valence-electron chi connectivity index (χ3n) is 1.65. The minimum Gasteiger partial charge on any atom is -0.385 e. The highest BCUT2D eigenvalue weighted by atomic mass is 127. The van der Waals surface area contributed by atoms with E-state index in [1.165, 1.54) is 15.7 Å². The van der Waals surface area contributed by atoms with Crippen LogP contribution in [0.25, 0.3) is 0 Å². The predicted molar refractivity (Wildman–Crippen MR) is 53.9 cm³/mol. The van der Waals surface area contributed by atoms with Crippen LogP contribution in [-0.2, 0) is 6.42 Å². The van der Waals surface area contributed by atoms with Gasteiger partial charge in [0.2, 0.25) is 0 Å². The van der Waals surface area contributed by atoms with Gasteiger partial charge in [0.1, 0.15) is 6.61 Å². The Morgan fingerprint density at radius 2 is 2.27 bits per heavy atom. The molecule has 0 fully saturated rings. The summed E-state index contributed by atoms with van der Waals surface area (Å²) < 4.78 is 1.22. The van der Waals surface area contributed by atoms with Crippen molar-refractivity contribution in [1.82, 2.24) is 0 Å². The van der Waals surface area contributed by atoms with Crippen LogP contribution in [0.15, 0.2) is 18.2 Å². The van der Waals surface area contributed by atoms with Gasteiger partial charge in [0.25, 0.3) is 0 Å². The summed E-state index contributed by atoms with van der Waals surface area (Å²) >= 11 is 2.28. The molecule has 1 nitrogen and oxygen atoms in total. The SMILES string of the molecule is CCc1c(I)cccc1[CH]O. The van der Waals surface area contributed by atoms with Gasteiger partial charge in [-0.3, -0.25) is 0 Å². The largest absolute Gasteiger partial charge is 0.385 e. The highest BCUT2D eigenvalue weighted by Gasteiger charge is 2.02. The fourth-order valence-electron chi connectivity index (χ4n) is 1.07. The van der Waals surface area contributed by atoms with Crippen molar-refractivity contribution in [1.29, 1.82) is 0 Å². The molecule has 59 valence electrons. The highest BCUT2D eigenvalue weighted by Crippen LogP contribution is 2.17. The molecule has 0 aliphatic rings. The number of hydrogen-bond acceptors (Lipinski definition) is 1. The molecule has 1 N–H and O–H groups in total. The van der Waals surface area contributed by atoms with Gasteiger partial charge in [-0.2, -0.15) is 0 Å². The van der Waals surface area contributed by atoms with Crippen molar-refractivity contribution >= 4 is 22.6 Å². The molecule has 11 heavy (non-hydrogen) atoms. The van der Waals surface area contributed by atoms with Crippen molar-refractivity contribution in [3.8, 4) is 0 Å². The van der Waals surface area contributed by atoms with Gasteiger partial charge in [-0.05, 0) is 46.2 Å². The molecular formula is C9H10IO. The molecule has 1 rings (SSSR count). The first-order valence-electron chi connectivity index (χ1n) is 3.54. The number of aliphatic hydroxyl groups excluding tert-OH is 1.